The average Bonchev–Trinajstić information content (AvgIpc) is 3.48. The number of halogens is 1. The normalized spacial score (nSPS) is 18.4. The SMILES string of the molecule is COC(=O)[C@@H]1O[C@H]1c1c(-c2ccccc2)cccc1-c1ccc(Cl)cc1. The highest BCUT2D eigenvalue weighted by molar-refractivity contribution is 6.30. The number of rotatable bonds is 4. The van der Waals surface area contributed by atoms with Crippen LogP contribution in [0.1, 0.15) is 11.7 Å². The summed E-state index contributed by atoms with van der Waals surface area (Å²) in [5.41, 5.74) is 5.18. The van der Waals surface area contributed by atoms with Gasteiger partial charge in [0.2, 0.25) is 0 Å². The first-order chi connectivity index (χ1) is 12.7. The Balaban J connectivity index is 1.87. The van der Waals surface area contributed by atoms with Crippen molar-refractivity contribution in [2.24, 2.45) is 0 Å². The number of carbonyl (C=O) groups is 1. The Morgan fingerprint density at radius 2 is 1.50 bits per heavy atom. The van der Waals surface area contributed by atoms with Crippen molar-refractivity contribution in [2.45, 2.75) is 12.2 Å². The highest BCUT2D eigenvalue weighted by atomic mass is 35.5. The van der Waals surface area contributed by atoms with Crippen molar-refractivity contribution in [1.82, 2.24) is 0 Å². The van der Waals surface area contributed by atoms with E-state index < -0.39 is 6.10 Å². The lowest BCUT2D eigenvalue weighted by Crippen LogP contribution is -2.09. The summed E-state index contributed by atoms with van der Waals surface area (Å²) < 4.78 is 10.6. The Labute approximate surface area is 157 Å². The topological polar surface area (TPSA) is 38.8 Å². The molecule has 1 saturated heterocycles. The monoisotopic (exact) mass is 364 g/mol. The summed E-state index contributed by atoms with van der Waals surface area (Å²) in [5.74, 6) is -0.347. The van der Waals surface area contributed by atoms with Crippen LogP contribution in [0.15, 0.2) is 72.8 Å². The summed E-state index contributed by atoms with van der Waals surface area (Å²) in [4.78, 5) is 11.9. The molecule has 130 valence electrons. The highest BCUT2D eigenvalue weighted by Crippen LogP contribution is 2.48. The van der Waals surface area contributed by atoms with E-state index in [0.717, 1.165) is 27.8 Å². The van der Waals surface area contributed by atoms with Crippen LogP contribution >= 0.6 is 11.6 Å². The maximum absolute atomic E-state index is 11.9. The summed E-state index contributed by atoms with van der Waals surface area (Å²) in [6.45, 7) is 0. The van der Waals surface area contributed by atoms with E-state index in [-0.39, 0.29) is 12.1 Å². The van der Waals surface area contributed by atoms with Crippen LogP contribution in [0, 0.1) is 0 Å². The van der Waals surface area contributed by atoms with Gasteiger partial charge in [0.1, 0.15) is 6.10 Å². The van der Waals surface area contributed by atoms with Crippen LogP contribution in [-0.2, 0) is 14.3 Å². The molecule has 4 heteroatoms. The molecule has 0 unspecified atom stereocenters. The Morgan fingerprint density at radius 3 is 2.12 bits per heavy atom. The fourth-order valence-electron chi connectivity index (χ4n) is 3.25. The van der Waals surface area contributed by atoms with Gasteiger partial charge in [0.05, 0.1) is 7.11 Å². The van der Waals surface area contributed by atoms with Gasteiger partial charge in [0, 0.05) is 5.02 Å². The fourth-order valence-corrected chi connectivity index (χ4v) is 3.38. The van der Waals surface area contributed by atoms with Gasteiger partial charge in [-0.2, -0.15) is 0 Å². The van der Waals surface area contributed by atoms with Crippen molar-refractivity contribution in [3.63, 3.8) is 0 Å². The predicted octanol–water partition coefficient (Wildman–Crippen LogP) is 5.29. The molecule has 0 N–H and O–H groups in total. The van der Waals surface area contributed by atoms with Crippen molar-refractivity contribution in [2.75, 3.05) is 7.11 Å². The number of ether oxygens (including phenoxy) is 2. The zero-order chi connectivity index (χ0) is 18.1. The van der Waals surface area contributed by atoms with Crippen molar-refractivity contribution >= 4 is 17.6 Å². The molecule has 0 aromatic heterocycles. The quantitative estimate of drug-likeness (QED) is 0.466. The fraction of sp³-hybridized carbons (Fsp3) is 0.136. The summed E-state index contributed by atoms with van der Waals surface area (Å²) in [6.07, 6.45) is -0.875. The minimum atomic E-state index is -0.559. The van der Waals surface area contributed by atoms with Crippen LogP contribution in [0.5, 0.6) is 0 Å². The van der Waals surface area contributed by atoms with E-state index in [1.54, 1.807) is 0 Å². The predicted molar refractivity (Wildman–Crippen MR) is 102 cm³/mol. The molecule has 0 spiro atoms. The van der Waals surface area contributed by atoms with E-state index in [2.05, 4.69) is 18.2 Å². The molecule has 2 atom stereocenters. The lowest BCUT2D eigenvalue weighted by atomic mass is 9.89. The third-order valence-electron chi connectivity index (χ3n) is 4.56. The largest absolute Gasteiger partial charge is 0.467 e. The average molecular weight is 365 g/mol. The zero-order valence-electron chi connectivity index (χ0n) is 14.2. The Bertz CT molecular complexity index is 935. The first-order valence-corrected chi connectivity index (χ1v) is 8.74. The first kappa shape index (κ1) is 16.8. The van der Waals surface area contributed by atoms with E-state index in [1.165, 1.54) is 7.11 Å². The zero-order valence-corrected chi connectivity index (χ0v) is 14.9. The molecule has 0 amide bonds. The smallest absolute Gasteiger partial charge is 0.338 e. The standard InChI is InChI=1S/C22H17ClO3/c1-25-22(24)21-20(26-21)19-17(14-6-3-2-4-7-14)8-5-9-18(19)15-10-12-16(23)13-11-15/h2-13,20-21H,1H3/t20-,21+/m0/s1. The highest BCUT2D eigenvalue weighted by Gasteiger charge is 2.49. The lowest BCUT2D eigenvalue weighted by molar-refractivity contribution is -0.142. The van der Waals surface area contributed by atoms with Crippen molar-refractivity contribution in [1.29, 1.82) is 0 Å². The third-order valence-corrected chi connectivity index (χ3v) is 4.81. The van der Waals surface area contributed by atoms with E-state index in [1.807, 2.05) is 54.6 Å². The van der Waals surface area contributed by atoms with Gasteiger partial charge in [-0.1, -0.05) is 72.3 Å². The Morgan fingerprint density at radius 1 is 0.885 bits per heavy atom. The van der Waals surface area contributed by atoms with Gasteiger partial charge in [0.15, 0.2) is 6.10 Å². The van der Waals surface area contributed by atoms with E-state index in [4.69, 9.17) is 21.1 Å². The van der Waals surface area contributed by atoms with Crippen molar-refractivity contribution in [3.8, 4) is 22.3 Å². The second-order valence-corrected chi connectivity index (χ2v) is 6.58. The van der Waals surface area contributed by atoms with Crippen LogP contribution < -0.4 is 0 Å². The molecular formula is C22H17ClO3. The second kappa shape index (κ2) is 6.94. The number of esters is 1. The van der Waals surface area contributed by atoms with Gasteiger partial charge < -0.3 is 9.47 Å². The molecule has 0 aliphatic carbocycles. The van der Waals surface area contributed by atoms with Gasteiger partial charge in [-0.15, -0.1) is 0 Å². The molecule has 1 heterocycles. The first-order valence-electron chi connectivity index (χ1n) is 8.36. The molecule has 3 nitrogen and oxygen atoms in total. The van der Waals surface area contributed by atoms with E-state index in [0.29, 0.717) is 5.02 Å². The van der Waals surface area contributed by atoms with E-state index in [9.17, 15) is 4.79 Å². The van der Waals surface area contributed by atoms with Crippen LogP contribution in [0.25, 0.3) is 22.3 Å². The number of carbonyl (C=O) groups excluding carboxylic acids is 1. The molecule has 1 fully saturated rings. The summed E-state index contributed by atoms with van der Waals surface area (Å²) in [7, 11) is 1.38. The molecule has 0 radical (unpaired) electrons. The molecular weight excluding hydrogens is 348 g/mol. The number of epoxide rings is 1. The Kier molecular flexibility index (Phi) is 4.49. The van der Waals surface area contributed by atoms with Gasteiger partial charge in [0.25, 0.3) is 0 Å². The minimum absolute atomic E-state index is 0.315. The summed E-state index contributed by atoms with van der Waals surface area (Å²) in [6, 6.07) is 23.9. The van der Waals surface area contributed by atoms with Gasteiger partial charge in [-0.3, -0.25) is 0 Å². The maximum Gasteiger partial charge on any atom is 0.338 e. The van der Waals surface area contributed by atoms with Crippen molar-refractivity contribution in [3.05, 3.63) is 83.4 Å². The maximum atomic E-state index is 11.9. The minimum Gasteiger partial charge on any atom is -0.467 e. The van der Waals surface area contributed by atoms with Crippen LogP contribution in [-0.4, -0.2) is 19.2 Å². The van der Waals surface area contributed by atoms with Crippen LogP contribution in [0.2, 0.25) is 5.02 Å². The second-order valence-electron chi connectivity index (χ2n) is 6.14. The number of methoxy groups -OCH3 is 1. The molecule has 26 heavy (non-hydrogen) atoms. The van der Waals surface area contributed by atoms with Gasteiger partial charge in [-0.25, -0.2) is 4.79 Å². The lowest BCUT2D eigenvalue weighted by Gasteiger charge is -2.14. The summed E-state index contributed by atoms with van der Waals surface area (Å²) >= 11 is 6.04. The van der Waals surface area contributed by atoms with Gasteiger partial charge >= 0.3 is 5.97 Å². The number of hydrogen-bond acceptors (Lipinski definition) is 3. The van der Waals surface area contributed by atoms with Crippen molar-refractivity contribution < 1.29 is 14.3 Å². The molecule has 1 aliphatic rings. The van der Waals surface area contributed by atoms with Crippen LogP contribution in [0.4, 0.5) is 0 Å². The number of hydrogen-bond donors (Lipinski definition) is 0. The molecule has 3 aromatic rings. The molecule has 0 saturated carbocycles. The number of benzene rings is 3. The third kappa shape index (κ3) is 3.12. The molecule has 3 aromatic carbocycles. The van der Waals surface area contributed by atoms with Gasteiger partial charge in [-0.05, 0) is 39.9 Å². The van der Waals surface area contributed by atoms with Crippen LogP contribution in [0.3, 0.4) is 0 Å². The molecule has 4 rings (SSSR count). The Hall–Kier alpha value is -2.62. The van der Waals surface area contributed by atoms with E-state index >= 15 is 0 Å². The molecule has 0 bridgehead atoms. The summed E-state index contributed by atoms with van der Waals surface area (Å²) in [5, 5.41) is 0.685. The molecule has 1 aliphatic heterocycles.